The highest BCUT2D eigenvalue weighted by atomic mass is 16.5. The minimum atomic E-state index is -0.788. The lowest BCUT2D eigenvalue weighted by Crippen LogP contribution is -2.39. The Bertz CT molecular complexity index is 1460. The molecule has 11 nitrogen and oxygen atoms in total. The van der Waals surface area contributed by atoms with E-state index in [1.165, 1.54) is 26.2 Å². The van der Waals surface area contributed by atoms with Crippen molar-refractivity contribution in [1.29, 1.82) is 0 Å². The van der Waals surface area contributed by atoms with Gasteiger partial charge in [-0.15, -0.1) is 0 Å². The number of carbonyl (C=O) groups excluding carboxylic acids is 3. The number of hydrogen-bond acceptors (Lipinski definition) is 8. The van der Waals surface area contributed by atoms with Crippen molar-refractivity contribution < 1.29 is 28.6 Å². The van der Waals surface area contributed by atoms with Crippen LogP contribution < -0.4 is 20.1 Å². The molecule has 1 atom stereocenters. The highest BCUT2D eigenvalue weighted by Crippen LogP contribution is 2.32. The van der Waals surface area contributed by atoms with E-state index in [0.717, 1.165) is 5.56 Å². The van der Waals surface area contributed by atoms with Gasteiger partial charge in [0.1, 0.15) is 6.04 Å². The standard InChI is InChI=1S/C26H25N5O6/c1-15(26(34)37-4)28-24(32)16-5-8-18(9-6-16)29-25(33)19-14-23-27-12-11-20(31(23)30-19)17-7-10-21(35-2)22(13-17)36-3/h5-15H,1-4H3,(H,28,32)(H,29,33)/t15-/m1/s1. The van der Waals surface area contributed by atoms with E-state index in [1.807, 2.05) is 12.1 Å². The topological polar surface area (TPSA) is 133 Å². The summed E-state index contributed by atoms with van der Waals surface area (Å²) in [6, 6.07) is 14.3. The van der Waals surface area contributed by atoms with E-state index >= 15 is 0 Å². The molecule has 4 aromatic rings. The quantitative estimate of drug-likeness (QED) is 0.351. The van der Waals surface area contributed by atoms with Gasteiger partial charge in [-0.05, 0) is 55.5 Å². The Kier molecular flexibility index (Phi) is 7.33. The minimum absolute atomic E-state index is 0.161. The van der Waals surface area contributed by atoms with Gasteiger partial charge >= 0.3 is 5.97 Å². The van der Waals surface area contributed by atoms with E-state index in [0.29, 0.717) is 34.1 Å². The molecule has 0 saturated heterocycles. The average Bonchev–Trinajstić information content (AvgIpc) is 3.37. The molecule has 2 aromatic carbocycles. The molecule has 0 aliphatic heterocycles. The van der Waals surface area contributed by atoms with Crippen LogP contribution in [0.3, 0.4) is 0 Å². The van der Waals surface area contributed by atoms with Crippen LogP contribution in [0.5, 0.6) is 11.5 Å². The second-order valence-corrected chi connectivity index (χ2v) is 7.95. The summed E-state index contributed by atoms with van der Waals surface area (Å²) in [4.78, 5) is 41.0. The molecule has 37 heavy (non-hydrogen) atoms. The molecule has 11 heteroatoms. The lowest BCUT2D eigenvalue weighted by Gasteiger charge is -2.11. The zero-order valence-corrected chi connectivity index (χ0v) is 20.6. The number of nitrogens with one attached hydrogen (secondary N) is 2. The summed E-state index contributed by atoms with van der Waals surface area (Å²) < 4.78 is 16.9. The van der Waals surface area contributed by atoms with Gasteiger partial charge in [-0.1, -0.05) is 0 Å². The van der Waals surface area contributed by atoms with Crippen molar-refractivity contribution in [1.82, 2.24) is 19.9 Å². The Morgan fingerprint density at radius 2 is 1.62 bits per heavy atom. The number of anilines is 1. The Labute approximate surface area is 212 Å². The molecule has 0 radical (unpaired) electrons. The van der Waals surface area contributed by atoms with Gasteiger partial charge in [-0.2, -0.15) is 5.10 Å². The van der Waals surface area contributed by atoms with E-state index in [4.69, 9.17) is 9.47 Å². The SMILES string of the molecule is COC(=O)[C@@H](C)NC(=O)c1ccc(NC(=O)c2cc3nccc(-c4ccc(OC)c(OC)c4)n3n2)cc1. The summed E-state index contributed by atoms with van der Waals surface area (Å²) in [5.74, 6) is -0.274. The zero-order chi connectivity index (χ0) is 26.5. The smallest absolute Gasteiger partial charge is 0.328 e. The van der Waals surface area contributed by atoms with Gasteiger partial charge < -0.3 is 24.8 Å². The van der Waals surface area contributed by atoms with E-state index < -0.39 is 23.8 Å². The van der Waals surface area contributed by atoms with Crippen molar-refractivity contribution in [3.63, 3.8) is 0 Å². The van der Waals surface area contributed by atoms with Crippen LogP contribution in [-0.2, 0) is 9.53 Å². The molecule has 4 rings (SSSR count). The second-order valence-electron chi connectivity index (χ2n) is 7.95. The molecule has 190 valence electrons. The average molecular weight is 504 g/mol. The fraction of sp³-hybridized carbons (Fsp3) is 0.192. The maximum atomic E-state index is 12.9. The third-order valence-corrected chi connectivity index (χ3v) is 5.58. The van der Waals surface area contributed by atoms with Crippen LogP contribution in [0.15, 0.2) is 60.8 Å². The Morgan fingerprint density at radius 3 is 2.30 bits per heavy atom. The molecule has 0 bridgehead atoms. The largest absolute Gasteiger partial charge is 0.493 e. The molecule has 0 unspecified atom stereocenters. The second kappa shape index (κ2) is 10.8. The fourth-order valence-corrected chi connectivity index (χ4v) is 3.64. The Morgan fingerprint density at radius 1 is 0.892 bits per heavy atom. The van der Waals surface area contributed by atoms with Crippen molar-refractivity contribution in [2.75, 3.05) is 26.6 Å². The molecule has 2 amide bonds. The summed E-state index contributed by atoms with van der Waals surface area (Å²) >= 11 is 0. The number of benzene rings is 2. The lowest BCUT2D eigenvalue weighted by atomic mass is 10.1. The number of methoxy groups -OCH3 is 3. The van der Waals surface area contributed by atoms with Crippen LogP contribution in [0.2, 0.25) is 0 Å². The summed E-state index contributed by atoms with van der Waals surface area (Å²) in [6.07, 6.45) is 1.63. The van der Waals surface area contributed by atoms with Gasteiger partial charge in [0.05, 0.1) is 27.0 Å². The van der Waals surface area contributed by atoms with E-state index in [2.05, 4.69) is 25.5 Å². The number of ether oxygens (including phenoxy) is 3. The van der Waals surface area contributed by atoms with Crippen molar-refractivity contribution in [2.45, 2.75) is 13.0 Å². The highest BCUT2D eigenvalue weighted by Gasteiger charge is 2.18. The predicted octanol–water partition coefficient (Wildman–Crippen LogP) is 2.96. The van der Waals surface area contributed by atoms with Crippen molar-refractivity contribution in [3.8, 4) is 22.8 Å². The Balaban J connectivity index is 1.52. The maximum absolute atomic E-state index is 12.9. The van der Waals surface area contributed by atoms with E-state index in [-0.39, 0.29) is 5.69 Å². The number of fused-ring (bicyclic) bond motifs is 1. The molecule has 0 spiro atoms. The molecule has 0 saturated carbocycles. The van der Waals surface area contributed by atoms with Crippen molar-refractivity contribution in [3.05, 3.63) is 72.1 Å². The minimum Gasteiger partial charge on any atom is -0.493 e. The van der Waals surface area contributed by atoms with Crippen molar-refractivity contribution >= 4 is 29.1 Å². The zero-order valence-electron chi connectivity index (χ0n) is 20.6. The first-order chi connectivity index (χ1) is 17.8. The van der Waals surface area contributed by atoms with Crippen LogP contribution in [0, 0.1) is 0 Å². The lowest BCUT2D eigenvalue weighted by molar-refractivity contribution is -0.142. The van der Waals surface area contributed by atoms with Crippen LogP contribution in [0.25, 0.3) is 16.9 Å². The monoisotopic (exact) mass is 503 g/mol. The van der Waals surface area contributed by atoms with Crippen LogP contribution in [0.4, 0.5) is 5.69 Å². The number of aromatic nitrogens is 3. The molecule has 2 N–H and O–H groups in total. The first-order valence-electron chi connectivity index (χ1n) is 11.2. The summed E-state index contributed by atoms with van der Waals surface area (Å²) in [5.41, 5.74) is 2.95. The number of carbonyl (C=O) groups is 3. The molecule has 0 aliphatic carbocycles. The van der Waals surface area contributed by atoms with Gasteiger partial charge in [-0.3, -0.25) is 9.59 Å². The number of nitrogens with zero attached hydrogens (tertiary/aromatic N) is 3. The molecule has 0 aliphatic rings. The number of amides is 2. The van der Waals surface area contributed by atoms with E-state index in [1.54, 1.807) is 55.3 Å². The summed E-state index contributed by atoms with van der Waals surface area (Å²) in [7, 11) is 4.37. The van der Waals surface area contributed by atoms with Crippen molar-refractivity contribution in [2.24, 2.45) is 0 Å². The number of esters is 1. The maximum Gasteiger partial charge on any atom is 0.328 e. The predicted molar refractivity (Wildman–Crippen MR) is 135 cm³/mol. The molecular formula is C26H25N5O6. The molecule has 2 aromatic heterocycles. The van der Waals surface area contributed by atoms with Crippen LogP contribution in [-0.4, -0.2) is 59.8 Å². The van der Waals surface area contributed by atoms with E-state index in [9.17, 15) is 14.4 Å². The third kappa shape index (κ3) is 5.35. The normalized spacial score (nSPS) is 11.5. The van der Waals surface area contributed by atoms with Gasteiger partial charge in [-0.25, -0.2) is 14.3 Å². The number of hydrogen-bond donors (Lipinski definition) is 2. The number of rotatable bonds is 8. The third-order valence-electron chi connectivity index (χ3n) is 5.58. The highest BCUT2D eigenvalue weighted by molar-refractivity contribution is 6.04. The Hall–Kier alpha value is -4.93. The molecular weight excluding hydrogens is 478 g/mol. The fourth-order valence-electron chi connectivity index (χ4n) is 3.64. The van der Waals surface area contributed by atoms with Gasteiger partial charge in [0.15, 0.2) is 22.8 Å². The molecule has 2 heterocycles. The van der Waals surface area contributed by atoms with Crippen LogP contribution in [0.1, 0.15) is 27.8 Å². The van der Waals surface area contributed by atoms with Crippen LogP contribution >= 0.6 is 0 Å². The summed E-state index contributed by atoms with van der Waals surface area (Å²) in [5, 5.41) is 9.75. The molecule has 0 fully saturated rings. The van der Waals surface area contributed by atoms with Gasteiger partial charge in [0.25, 0.3) is 11.8 Å². The summed E-state index contributed by atoms with van der Waals surface area (Å²) in [6.45, 7) is 1.53. The van der Waals surface area contributed by atoms with Gasteiger partial charge in [0.2, 0.25) is 0 Å². The first kappa shape index (κ1) is 25.2. The first-order valence-corrected chi connectivity index (χ1v) is 11.2. The van der Waals surface area contributed by atoms with Gasteiger partial charge in [0, 0.05) is 29.1 Å².